The van der Waals surface area contributed by atoms with Crippen molar-refractivity contribution in [1.82, 2.24) is 24.9 Å². The van der Waals surface area contributed by atoms with Gasteiger partial charge in [-0.15, -0.1) is 5.10 Å². The van der Waals surface area contributed by atoms with E-state index in [0.717, 1.165) is 53.9 Å². The number of hydrogen-bond donors (Lipinski definition) is 2. The Morgan fingerprint density at radius 3 is 2.56 bits per heavy atom. The van der Waals surface area contributed by atoms with Crippen LogP contribution in [-0.2, 0) is 4.74 Å². The van der Waals surface area contributed by atoms with E-state index >= 15 is 0 Å². The molecule has 0 saturated carbocycles. The summed E-state index contributed by atoms with van der Waals surface area (Å²) >= 11 is 6.81. The molecule has 0 unspecified atom stereocenters. The number of pyridine rings is 1. The van der Waals surface area contributed by atoms with E-state index < -0.39 is 0 Å². The summed E-state index contributed by atoms with van der Waals surface area (Å²) in [6.45, 7) is 13.1. The second kappa shape index (κ2) is 11.8. The number of aromatic nitrogens is 4. The fourth-order valence-corrected chi connectivity index (χ4v) is 6.28. The monoisotopic (exact) mass is 598 g/mol. The molecule has 1 atom stereocenters. The van der Waals surface area contributed by atoms with E-state index in [2.05, 4.69) is 82.9 Å². The lowest BCUT2D eigenvalue weighted by atomic mass is 9.88. The Kier molecular flexibility index (Phi) is 8.03. The van der Waals surface area contributed by atoms with Gasteiger partial charge < -0.3 is 15.4 Å². The van der Waals surface area contributed by atoms with Gasteiger partial charge in [-0.25, -0.2) is 4.68 Å². The molecule has 224 valence electrons. The number of piperidine rings is 1. The van der Waals surface area contributed by atoms with Crippen molar-refractivity contribution in [3.63, 3.8) is 0 Å². The number of nitrogens with zero attached hydrogens (tertiary/aromatic N) is 6. The molecule has 2 aromatic heterocycles. The van der Waals surface area contributed by atoms with Gasteiger partial charge in [0.25, 0.3) is 0 Å². The van der Waals surface area contributed by atoms with Crippen molar-refractivity contribution >= 4 is 33.9 Å². The molecular weight excluding hydrogens is 560 g/mol. The molecule has 0 amide bonds. The zero-order valence-corrected chi connectivity index (χ0v) is 26.0. The van der Waals surface area contributed by atoms with Crippen LogP contribution in [0.5, 0.6) is 0 Å². The first-order chi connectivity index (χ1) is 20.6. The number of fused-ring (bicyclic) bond motifs is 1. The van der Waals surface area contributed by atoms with Gasteiger partial charge in [-0.1, -0.05) is 54.1 Å². The second-order valence-electron chi connectivity index (χ2n) is 13.2. The highest BCUT2D eigenvalue weighted by molar-refractivity contribution is 6.35. The third kappa shape index (κ3) is 6.19. The molecule has 2 fully saturated rings. The molecule has 2 saturated heterocycles. The molecule has 10 heteroatoms. The van der Waals surface area contributed by atoms with Crippen molar-refractivity contribution in [2.75, 3.05) is 43.5 Å². The summed E-state index contributed by atoms with van der Waals surface area (Å²) < 4.78 is 7.47. The average Bonchev–Trinajstić information content (AvgIpc) is 3.48. The summed E-state index contributed by atoms with van der Waals surface area (Å²) in [6, 6.07) is 16.5. The SMILES string of the molecule is CC1(CNc2c(C#N)cnc3c(Cl)cc(N[C@@H](c4ccccc4)c4cn(C5CCN(C(C)(C)C)CC5)nn4)cc23)COC1. The molecule has 2 N–H and O–H groups in total. The highest BCUT2D eigenvalue weighted by Gasteiger charge is 2.33. The number of nitrogens with one attached hydrogen (secondary N) is 2. The van der Waals surface area contributed by atoms with Gasteiger partial charge in [0.1, 0.15) is 11.8 Å². The minimum Gasteiger partial charge on any atom is -0.383 e. The van der Waals surface area contributed by atoms with E-state index in [4.69, 9.17) is 16.3 Å². The number of benzene rings is 2. The van der Waals surface area contributed by atoms with E-state index in [1.54, 1.807) is 6.20 Å². The molecule has 0 bridgehead atoms. The highest BCUT2D eigenvalue weighted by Crippen LogP contribution is 2.37. The van der Waals surface area contributed by atoms with Gasteiger partial charge in [-0.05, 0) is 51.3 Å². The van der Waals surface area contributed by atoms with E-state index in [1.807, 2.05) is 35.0 Å². The van der Waals surface area contributed by atoms with Gasteiger partial charge >= 0.3 is 0 Å². The van der Waals surface area contributed by atoms with Crippen LogP contribution in [0.2, 0.25) is 5.02 Å². The molecule has 2 aromatic carbocycles. The minimum absolute atomic E-state index is 0.0234. The summed E-state index contributed by atoms with van der Waals surface area (Å²) in [6.07, 6.45) is 5.74. The molecule has 2 aliphatic heterocycles. The minimum atomic E-state index is -0.257. The number of rotatable bonds is 8. The summed E-state index contributed by atoms with van der Waals surface area (Å²) in [7, 11) is 0. The largest absolute Gasteiger partial charge is 0.383 e. The molecule has 9 nitrogen and oxygen atoms in total. The van der Waals surface area contributed by atoms with Crippen LogP contribution in [0.1, 0.15) is 69.4 Å². The lowest BCUT2D eigenvalue weighted by Crippen LogP contribution is -2.46. The molecule has 6 rings (SSSR count). The smallest absolute Gasteiger partial charge is 0.109 e. The van der Waals surface area contributed by atoms with Crippen molar-refractivity contribution in [2.24, 2.45) is 5.41 Å². The molecule has 4 heterocycles. The molecule has 0 spiro atoms. The Bertz CT molecular complexity index is 1630. The molecule has 4 aromatic rings. The quantitative estimate of drug-likeness (QED) is 0.239. The van der Waals surface area contributed by atoms with Crippen LogP contribution in [0.3, 0.4) is 0 Å². The predicted molar refractivity (Wildman–Crippen MR) is 170 cm³/mol. The number of nitriles is 1. The van der Waals surface area contributed by atoms with E-state index in [1.165, 1.54) is 0 Å². The van der Waals surface area contributed by atoms with Gasteiger partial charge in [0.15, 0.2) is 0 Å². The van der Waals surface area contributed by atoms with Crippen LogP contribution in [0.4, 0.5) is 11.4 Å². The first kappa shape index (κ1) is 29.4. The van der Waals surface area contributed by atoms with Crippen LogP contribution >= 0.6 is 11.6 Å². The average molecular weight is 599 g/mol. The predicted octanol–water partition coefficient (Wildman–Crippen LogP) is 6.44. The first-order valence-corrected chi connectivity index (χ1v) is 15.3. The zero-order chi connectivity index (χ0) is 30.2. The van der Waals surface area contributed by atoms with Gasteiger partial charge in [-0.2, -0.15) is 5.26 Å². The van der Waals surface area contributed by atoms with E-state index in [-0.39, 0.29) is 17.0 Å². The Morgan fingerprint density at radius 1 is 1.16 bits per heavy atom. The fourth-order valence-electron chi connectivity index (χ4n) is 6.02. The van der Waals surface area contributed by atoms with E-state index in [9.17, 15) is 5.26 Å². The van der Waals surface area contributed by atoms with Crippen molar-refractivity contribution < 1.29 is 4.74 Å². The van der Waals surface area contributed by atoms with Crippen LogP contribution in [0.15, 0.2) is 54.9 Å². The third-order valence-corrected chi connectivity index (χ3v) is 8.98. The van der Waals surface area contributed by atoms with Crippen molar-refractivity contribution in [3.8, 4) is 6.07 Å². The molecule has 2 aliphatic rings. The Balaban J connectivity index is 1.31. The number of ether oxygens (including phenoxy) is 1. The summed E-state index contributed by atoms with van der Waals surface area (Å²) in [5, 5.41) is 27.6. The first-order valence-electron chi connectivity index (χ1n) is 15.0. The highest BCUT2D eigenvalue weighted by atomic mass is 35.5. The summed E-state index contributed by atoms with van der Waals surface area (Å²) in [5.41, 5.74) is 4.75. The van der Waals surface area contributed by atoms with Crippen molar-refractivity contribution in [1.29, 1.82) is 5.26 Å². The number of halogens is 1. The molecule has 0 aliphatic carbocycles. The van der Waals surface area contributed by atoms with Crippen LogP contribution in [-0.4, -0.2) is 63.3 Å². The molecule has 43 heavy (non-hydrogen) atoms. The van der Waals surface area contributed by atoms with Crippen LogP contribution < -0.4 is 10.6 Å². The number of likely N-dealkylation sites (tertiary alicyclic amines) is 1. The van der Waals surface area contributed by atoms with Crippen molar-refractivity contribution in [2.45, 2.75) is 58.2 Å². The van der Waals surface area contributed by atoms with Crippen LogP contribution in [0, 0.1) is 16.7 Å². The lowest BCUT2D eigenvalue weighted by molar-refractivity contribution is -0.0924. The Morgan fingerprint density at radius 2 is 1.91 bits per heavy atom. The van der Waals surface area contributed by atoms with E-state index in [0.29, 0.717) is 41.9 Å². The second-order valence-corrected chi connectivity index (χ2v) is 13.6. The maximum absolute atomic E-state index is 9.90. The zero-order valence-electron chi connectivity index (χ0n) is 25.3. The molecule has 0 radical (unpaired) electrons. The fraction of sp³-hybridized carbons (Fsp3) is 0.455. The maximum atomic E-state index is 9.90. The topological polar surface area (TPSA) is 104 Å². The summed E-state index contributed by atoms with van der Waals surface area (Å²) in [4.78, 5) is 7.06. The maximum Gasteiger partial charge on any atom is 0.109 e. The summed E-state index contributed by atoms with van der Waals surface area (Å²) in [5.74, 6) is 0. The van der Waals surface area contributed by atoms with Gasteiger partial charge in [0.05, 0.1) is 53.3 Å². The number of anilines is 2. The van der Waals surface area contributed by atoms with Gasteiger partial charge in [0, 0.05) is 47.9 Å². The van der Waals surface area contributed by atoms with Crippen molar-refractivity contribution in [3.05, 3.63) is 76.7 Å². The van der Waals surface area contributed by atoms with Crippen LogP contribution in [0.25, 0.3) is 10.9 Å². The third-order valence-electron chi connectivity index (χ3n) is 8.69. The van der Waals surface area contributed by atoms with Gasteiger partial charge in [0.2, 0.25) is 0 Å². The Labute approximate surface area is 258 Å². The number of hydrogen-bond acceptors (Lipinski definition) is 8. The van der Waals surface area contributed by atoms with Gasteiger partial charge in [-0.3, -0.25) is 9.88 Å². The Hall–Kier alpha value is -3.71. The lowest BCUT2D eigenvalue weighted by Gasteiger charge is -2.40. The normalized spacial score (nSPS) is 18.1. The standard InChI is InChI=1S/C33H39ClN8O/c1-32(2,3)41-12-10-25(11-13-41)42-18-28(39-40-42)30(22-8-6-5-7-9-22)38-24-14-26-29(37-19-33(4)20-43-21-33)23(16-35)17-36-31(26)27(34)15-24/h5-9,14-15,17-18,25,30,38H,10-13,19-21H2,1-4H3,(H,36,37)/t30-/m0/s1. The molecular formula is C33H39ClN8O.